The minimum absolute atomic E-state index is 0.0170. The van der Waals surface area contributed by atoms with E-state index in [4.69, 9.17) is 16.3 Å². The number of nitriles is 1. The summed E-state index contributed by atoms with van der Waals surface area (Å²) in [6, 6.07) is 18.3. The van der Waals surface area contributed by atoms with Crippen LogP contribution in [0.3, 0.4) is 0 Å². The average molecular weight is 554 g/mol. The standard InChI is InChI=1S/C32H35N5O2S/c1-6-8-12-17-37-28-16-15-25(18-24(28)20-32(37,3)4)35-36-31-27(21-33)30(23-13-10-9-11-14-23)29(40-31)19-26(34-5)22-39-38-7-2/h9-11,13-16,18-19H,6-8,12,17,20,22H2,1-4H3. The van der Waals surface area contributed by atoms with Crippen LogP contribution in [-0.4, -0.2) is 25.3 Å². The minimum Gasteiger partial charge on any atom is -0.366 e. The Morgan fingerprint density at radius 2 is 1.95 bits per heavy atom. The Hall–Kier alpha value is -3.82. The highest BCUT2D eigenvalue weighted by atomic mass is 32.1. The monoisotopic (exact) mass is 553 g/mol. The maximum Gasteiger partial charge on any atom is 0.195 e. The van der Waals surface area contributed by atoms with Crippen LogP contribution in [0.5, 0.6) is 0 Å². The van der Waals surface area contributed by atoms with E-state index in [1.807, 2.05) is 43.3 Å². The zero-order valence-corrected chi connectivity index (χ0v) is 24.4. The lowest BCUT2D eigenvalue weighted by molar-refractivity contribution is -0.283. The number of rotatable bonds is 12. The molecule has 206 valence electrons. The lowest BCUT2D eigenvalue weighted by atomic mass is 9.99. The Labute approximate surface area is 241 Å². The first-order chi connectivity index (χ1) is 19.4. The maximum absolute atomic E-state index is 10.2. The van der Waals surface area contributed by atoms with Crippen molar-refractivity contribution in [1.82, 2.24) is 0 Å². The number of thiophene rings is 1. The van der Waals surface area contributed by atoms with Crippen molar-refractivity contribution in [1.29, 1.82) is 5.26 Å². The van der Waals surface area contributed by atoms with Gasteiger partial charge in [0.25, 0.3) is 0 Å². The van der Waals surface area contributed by atoms with Gasteiger partial charge in [0.2, 0.25) is 0 Å². The second-order valence-corrected chi connectivity index (χ2v) is 11.3. The third-order valence-electron chi connectivity index (χ3n) is 6.89. The molecule has 2 aromatic carbocycles. The van der Waals surface area contributed by atoms with E-state index < -0.39 is 0 Å². The fourth-order valence-corrected chi connectivity index (χ4v) is 6.08. The van der Waals surface area contributed by atoms with Crippen molar-refractivity contribution in [2.24, 2.45) is 10.2 Å². The maximum atomic E-state index is 10.2. The van der Waals surface area contributed by atoms with E-state index in [1.165, 1.54) is 41.9 Å². The molecule has 2 heterocycles. The Bertz CT molecular complexity index is 1460. The van der Waals surface area contributed by atoms with E-state index in [9.17, 15) is 5.26 Å². The molecular formula is C32H35N5O2S. The first-order valence-electron chi connectivity index (χ1n) is 13.7. The molecule has 7 nitrogen and oxygen atoms in total. The Kier molecular flexibility index (Phi) is 9.84. The first kappa shape index (κ1) is 29.2. The number of hydrogen-bond acceptors (Lipinski definition) is 7. The molecule has 1 aliphatic heterocycles. The van der Waals surface area contributed by atoms with Crippen LogP contribution < -0.4 is 4.90 Å². The molecule has 4 rings (SSSR count). The largest absolute Gasteiger partial charge is 0.366 e. The third-order valence-corrected chi connectivity index (χ3v) is 7.91. The van der Waals surface area contributed by atoms with E-state index in [1.54, 1.807) is 6.08 Å². The van der Waals surface area contributed by atoms with Gasteiger partial charge in [-0.15, -0.1) is 21.6 Å². The van der Waals surface area contributed by atoms with Gasteiger partial charge >= 0.3 is 0 Å². The highest BCUT2D eigenvalue weighted by Gasteiger charge is 2.35. The second-order valence-electron chi connectivity index (χ2n) is 10.3. The molecule has 1 aliphatic rings. The van der Waals surface area contributed by atoms with Crippen LogP contribution in [0, 0.1) is 17.9 Å². The molecule has 8 heteroatoms. The summed E-state index contributed by atoms with van der Waals surface area (Å²) >= 11 is 1.34. The molecule has 40 heavy (non-hydrogen) atoms. The van der Waals surface area contributed by atoms with E-state index in [0.29, 0.717) is 22.9 Å². The number of fused-ring (bicyclic) bond motifs is 1. The fourth-order valence-electron chi connectivity index (χ4n) is 5.02. The van der Waals surface area contributed by atoms with Gasteiger partial charge in [0.1, 0.15) is 12.7 Å². The molecule has 0 atom stereocenters. The Morgan fingerprint density at radius 1 is 1.15 bits per heavy atom. The average Bonchev–Trinajstić information content (AvgIpc) is 3.43. The number of nitrogens with zero attached hydrogens (tertiary/aromatic N) is 5. The molecule has 0 unspecified atom stereocenters. The molecule has 3 aromatic rings. The Morgan fingerprint density at radius 3 is 2.65 bits per heavy atom. The normalized spacial score (nSPS) is 14.3. The molecule has 0 fully saturated rings. The van der Waals surface area contributed by atoms with Crippen LogP contribution in [0.2, 0.25) is 0 Å². The van der Waals surface area contributed by atoms with Gasteiger partial charge in [-0.3, -0.25) is 0 Å². The van der Waals surface area contributed by atoms with Crippen molar-refractivity contribution in [2.75, 3.05) is 24.7 Å². The molecule has 0 radical (unpaired) electrons. The fraction of sp³-hybridized carbons (Fsp3) is 0.375. The van der Waals surface area contributed by atoms with Gasteiger partial charge < -0.3 is 4.90 Å². The van der Waals surface area contributed by atoms with Gasteiger partial charge in [0.15, 0.2) is 10.7 Å². The van der Waals surface area contributed by atoms with Gasteiger partial charge in [0.05, 0.1) is 24.4 Å². The van der Waals surface area contributed by atoms with Crippen LogP contribution in [-0.2, 0) is 16.2 Å². The number of azo groups is 1. The SMILES string of the molecule is [C-]#[N+]C(=Cc1sc(N=Nc2ccc3c(c2)CC(C)(C)N3CCCCC)c(C#N)c1-c1ccccc1)COOCC. The number of anilines is 1. The summed E-state index contributed by atoms with van der Waals surface area (Å²) < 4.78 is 0. The summed E-state index contributed by atoms with van der Waals surface area (Å²) in [6.45, 7) is 17.7. The second kappa shape index (κ2) is 13.5. The number of unbranched alkanes of at least 4 members (excludes halogenated alkanes) is 2. The van der Waals surface area contributed by atoms with Crippen molar-refractivity contribution in [3.63, 3.8) is 0 Å². The molecule has 0 spiro atoms. The van der Waals surface area contributed by atoms with Gasteiger partial charge in [-0.25, -0.2) is 14.6 Å². The van der Waals surface area contributed by atoms with Gasteiger partial charge in [-0.1, -0.05) is 50.1 Å². The highest BCUT2D eigenvalue weighted by molar-refractivity contribution is 7.17. The van der Waals surface area contributed by atoms with Crippen LogP contribution in [0.15, 0.2) is 64.5 Å². The zero-order valence-electron chi connectivity index (χ0n) is 23.6. The van der Waals surface area contributed by atoms with Crippen molar-refractivity contribution < 1.29 is 9.78 Å². The number of hydrogen-bond donors (Lipinski definition) is 0. The van der Waals surface area contributed by atoms with E-state index in [0.717, 1.165) is 34.7 Å². The summed E-state index contributed by atoms with van der Waals surface area (Å²) in [5, 5.41) is 19.8. The third kappa shape index (κ3) is 6.66. The van der Waals surface area contributed by atoms with Gasteiger partial charge in [-0.2, -0.15) is 5.26 Å². The summed E-state index contributed by atoms with van der Waals surface area (Å²) in [5.41, 5.74) is 5.77. The van der Waals surface area contributed by atoms with Crippen molar-refractivity contribution in [3.05, 3.63) is 81.6 Å². The lowest BCUT2D eigenvalue weighted by Gasteiger charge is -2.34. The topological polar surface area (TPSA) is 74.6 Å². The van der Waals surface area contributed by atoms with Crippen LogP contribution in [0.1, 0.15) is 63.0 Å². The molecule has 0 aliphatic carbocycles. The number of benzene rings is 2. The predicted octanol–water partition coefficient (Wildman–Crippen LogP) is 9.26. The molecule has 0 N–H and O–H groups in total. The molecule has 0 saturated heterocycles. The van der Waals surface area contributed by atoms with E-state index >= 15 is 0 Å². The summed E-state index contributed by atoms with van der Waals surface area (Å²) in [6.07, 6.45) is 6.32. The summed E-state index contributed by atoms with van der Waals surface area (Å²) in [7, 11) is 0. The molecule has 0 saturated carbocycles. The van der Waals surface area contributed by atoms with Crippen LogP contribution >= 0.6 is 11.3 Å². The molecule has 0 amide bonds. The summed E-state index contributed by atoms with van der Waals surface area (Å²) in [5.74, 6) is 0. The van der Waals surface area contributed by atoms with Crippen molar-refractivity contribution in [3.8, 4) is 17.2 Å². The Balaban J connectivity index is 1.68. The smallest absolute Gasteiger partial charge is 0.195 e. The van der Waals surface area contributed by atoms with E-state index in [2.05, 4.69) is 58.9 Å². The molecular weight excluding hydrogens is 518 g/mol. The zero-order chi connectivity index (χ0) is 28.5. The van der Waals surface area contributed by atoms with Crippen LogP contribution in [0.25, 0.3) is 22.0 Å². The first-order valence-corrected chi connectivity index (χ1v) is 14.5. The summed E-state index contributed by atoms with van der Waals surface area (Å²) in [4.78, 5) is 16.9. The van der Waals surface area contributed by atoms with Crippen LogP contribution in [0.4, 0.5) is 16.4 Å². The van der Waals surface area contributed by atoms with Crippen molar-refractivity contribution in [2.45, 2.75) is 58.9 Å². The molecule has 1 aromatic heterocycles. The predicted molar refractivity (Wildman–Crippen MR) is 162 cm³/mol. The van der Waals surface area contributed by atoms with Gasteiger partial charge in [-0.05, 0) is 69.0 Å². The van der Waals surface area contributed by atoms with Gasteiger partial charge in [0, 0.05) is 28.2 Å². The minimum atomic E-state index is 0.0170. The lowest BCUT2D eigenvalue weighted by Crippen LogP contribution is -2.41. The highest BCUT2D eigenvalue weighted by Crippen LogP contribution is 2.44. The quantitative estimate of drug-likeness (QED) is 0.0736. The van der Waals surface area contributed by atoms with Crippen molar-refractivity contribution >= 4 is 33.8 Å². The molecule has 0 bridgehead atoms. The van der Waals surface area contributed by atoms with E-state index in [-0.39, 0.29) is 12.1 Å².